The van der Waals surface area contributed by atoms with E-state index in [9.17, 15) is 31.2 Å². The first-order valence-corrected chi connectivity index (χ1v) is 20.0. The largest absolute Gasteiger partial charge is 0.489 e. The number of ether oxygens (including phenoxy) is 3. The maximum atomic E-state index is 13.8. The summed E-state index contributed by atoms with van der Waals surface area (Å²) in [5, 5.41) is 6.68. The van der Waals surface area contributed by atoms with Crippen molar-refractivity contribution >= 4 is 27.7 Å². The Bertz CT molecular complexity index is 2090. The van der Waals surface area contributed by atoms with Crippen molar-refractivity contribution in [2.45, 2.75) is 75.9 Å². The Labute approximate surface area is 324 Å². The topological polar surface area (TPSA) is 140 Å². The molecule has 0 unspecified atom stereocenters. The average molecular weight is 796 g/mol. The highest BCUT2D eigenvalue weighted by Gasteiger charge is 2.34. The van der Waals surface area contributed by atoms with Crippen molar-refractivity contribution < 1.29 is 45.4 Å². The lowest BCUT2D eigenvalue weighted by molar-refractivity contribution is -0.141. The van der Waals surface area contributed by atoms with Crippen LogP contribution in [0.2, 0.25) is 0 Å². The van der Waals surface area contributed by atoms with Gasteiger partial charge in [-0.2, -0.15) is 13.2 Å². The molecule has 2 aliphatic rings. The van der Waals surface area contributed by atoms with Gasteiger partial charge in [0.2, 0.25) is 15.9 Å². The lowest BCUT2D eigenvalue weighted by atomic mass is 9.89. The smallest absolute Gasteiger partial charge is 0.435 e. The number of likely N-dealkylation sites (tertiary alicyclic amines) is 2. The number of halogens is 3. The van der Waals surface area contributed by atoms with Crippen molar-refractivity contribution in [1.29, 1.82) is 0 Å². The van der Waals surface area contributed by atoms with E-state index in [1.54, 1.807) is 85.2 Å². The van der Waals surface area contributed by atoms with Gasteiger partial charge in [0.05, 0.1) is 17.5 Å². The van der Waals surface area contributed by atoms with Gasteiger partial charge in [0.15, 0.2) is 5.69 Å². The second-order valence-electron chi connectivity index (χ2n) is 14.8. The molecule has 3 aromatic carbocycles. The number of rotatable bonds is 11. The van der Waals surface area contributed by atoms with Crippen LogP contribution in [0.3, 0.4) is 0 Å². The standard InChI is InChI=1S/C40H44F3N5O7S/c1-39(2,3)55-38(50)48-21-7-10-31(48)25-53-34-16-13-30(24-33(34)46-56(51,52)26-27-8-5-4-6-9-27)37(49)47-22-19-29(20-23-47)28-11-14-32(15-12-28)54-36-18-17-35(44-45-36)40(41,42)43/h4-6,8-9,11-18,24,29,31,46H,7,10,19-23,25-26H2,1-3H3/t31-/m0/s1. The van der Waals surface area contributed by atoms with Gasteiger partial charge < -0.3 is 24.0 Å². The van der Waals surface area contributed by atoms with Gasteiger partial charge in [0.25, 0.3) is 5.91 Å². The Morgan fingerprint density at radius 2 is 1.59 bits per heavy atom. The molecule has 12 nitrogen and oxygen atoms in total. The Morgan fingerprint density at radius 1 is 0.875 bits per heavy atom. The average Bonchev–Trinajstić information content (AvgIpc) is 3.63. The van der Waals surface area contributed by atoms with Gasteiger partial charge in [-0.1, -0.05) is 42.5 Å². The maximum absolute atomic E-state index is 13.8. The fourth-order valence-electron chi connectivity index (χ4n) is 6.67. The Kier molecular flexibility index (Phi) is 12.1. The van der Waals surface area contributed by atoms with E-state index in [0.29, 0.717) is 50.2 Å². The normalized spacial score (nSPS) is 16.7. The Balaban J connectivity index is 1.11. The summed E-state index contributed by atoms with van der Waals surface area (Å²) in [6, 6.07) is 22.2. The zero-order chi connectivity index (χ0) is 40.1. The van der Waals surface area contributed by atoms with E-state index in [4.69, 9.17) is 14.2 Å². The quantitative estimate of drug-likeness (QED) is 0.160. The fourth-order valence-corrected chi connectivity index (χ4v) is 7.87. The summed E-state index contributed by atoms with van der Waals surface area (Å²) in [6.07, 6.45) is -2.22. The van der Waals surface area contributed by atoms with Crippen LogP contribution in [0.5, 0.6) is 17.4 Å². The van der Waals surface area contributed by atoms with E-state index in [1.807, 2.05) is 12.1 Å². The van der Waals surface area contributed by atoms with Crippen LogP contribution in [0.15, 0.2) is 84.9 Å². The number of amides is 2. The molecular formula is C40H44F3N5O7S. The van der Waals surface area contributed by atoms with E-state index >= 15 is 0 Å². The second kappa shape index (κ2) is 16.8. The van der Waals surface area contributed by atoms with Gasteiger partial charge in [-0.15, -0.1) is 10.2 Å². The first kappa shape index (κ1) is 40.3. The van der Waals surface area contributed by atoms with Gasteiger partial charge in [0, 0.05) is 31.3 Å². The maximum Gasteiger partial charge on any atom is 0.435 e. The number of aromatic nitrogens is 2. The molecule has 1 N–H and O–H groups in total. The van der Waals surface area contributed by atoms with E-state index in [1.165, 1.54) is 6.07 Å². The summed E-state index contributed by atoms with van der Waals surface area (Å²) in [5.74, 6) is 0.151. The van der Waals surface area contributed by atoms with Crippen LogP contribution in [0.4, 0.5) is 23.7 Å². The number of nitrogens with zero attached hydrogens (tertiary/aromatic N) is 4. The molecule has 2 fully saturated rings. The second-order valence-corrected chi connectivity index (χ2v) is 16.6. The molecule has 2 amide bonds. The van der Waals surface area contributed by atoms with E-state index in [2.05, 4.69) is 14.9 Å². The van der Waals surface area contributed by atoms with E-state index in [0.717, 1.165) is 24.1 Å². The third-order valence-corrected chi connectivity index (χ3v) is 10.7. The molecule has 0 spiro atoms. The van der Waals surface area contributed by atoms with Crippen LogP contribution in [0.1, 0.15) is 79.6 Å². The minimum Gasteiger partial charge on any atom is -0.489 e. The first-order valence-electron chi connectivity index (χ1n) is 18.3. The molecule has 6 rings (SSSR count). The SMILES string of the molecule is CC(C)(C)OC(=O)N1CCC[C@H]1COc1ccc(C(=O)N2CCC(c3ccc(Oc4ccc(C(F)(F)F)nn4)cc3)CC2)cc1NS(=O)(=O)Cc1ccccc1. The monoisotopic (exact) mass is 795 g/mol. The van der Waals surface area contributed by atoms with Gasteiger partial charge in [-0.25, -0.2) is 13.2 Å². The van der Waals surface area contributed by atoms with Crippen LogP contribution in [-0.4, -0.2) is 78.3 Å². The van der Waals surface area contributed by atoms with Crippen molar-refractivity contribution in [3.8, 4) is 17.4 Å². The number of alkyl halides is 3. The first-order chi connectivity index (χ1) is 26.5. The molecule has 2 aliphatic heterocycles. The molecule has 0 radical (unpaired) electrons. The molecule has 0 bridgehead atoms. The van der Waals surface area contributed by atoms with Gasteiger partial charge in [-0.3, -0.25) is 9.52 Å². The third kappa shape index (κ3) is 10.7. The number of piperidine rings is 1. The highest BCUT2D eigenvalue weighted by Crippen LogP contribution is 2.34. The van der Waals surface area contributed by atoms with Crippen molar-refractivity contribution in [3.63, 3.8) is 0 Å². The number of benzene rings is 3. The van der Waals surface area contributed by atoms with Gasteiger partial charge in [0.1, 0.15) is 23.7 Å². The highest BCUT2D eigenvalue weighted by molar-refractivity contribution is 7.91. The summed E-state index contributed by atoms with van der Waals surface area (Å²) in [7, 11) is -3.92. The molecule has 16 heteroatoms. The number of hydrogen-bond donors (Lipinski definition) is 1. The summed E-state index contributed by atoms with van der Waals surface area (Å²) in [5.41, 5.74) is 0.252. The summed E-state index contributed by atoms with van der Waals surface area (Å²) >= 11 is 0. The molecule has 56 heavy (non-hydrogen) atoms. The summed E-state index contributed by atoms with van der Waals surface area (Å²) in [6.45, 7) is 6.94. The van der Waals surface area contributed by atoms with Gasteiger partial charge in [-0.05, 0) is 99.9 Å². The molecular weight excluding hydrogens is 752 g/mol. The van der Waals surface area contributed by atoms with Crippen molar-refractivity contribution in [3.05, 3.63) is 107 Å². The number of anilines is 1. The Morgan fingerprint density at radius 3 is 2.23 bits per heavy atom. The minimum atomic E-state index is -4.59. The van der Waals surface area contributed by atoms with E-state index in [-0.39, 0.29) is 53.1 Å². The predicted octanol–water partition coefficient (Wildman–Crippen LogP) is 8.03. The fraction of sp³-hybridized carbons (Fsp3) is 0.400. The van der Waals surface area contributed by atoms with Crippen LogP contribution in [-0.2, 0) is 26.7 Å². The lowest BCUT2D eigenvalue weighted by Crippen LogP contribution is -2.42. The highest BCUT2D eigenvalue weighted by atomic mass is 32.2. The number of sulfonamides is 1. The number of hydrogen-bond acceptors (Lipinski definition) is 9. The third-order valence-electron chi connectivity index (χ3n) is 9.41. The van der Waals surface area contributed by atoms with E-state index < -0.39 is 33.6 Å². The molecule has 1 atom stereocenters. The van der Waals surface area contributed by atoms with Gasteiger partial charge >= 0.3 is 12.3 Å². The molecule has 0 aliphatic carbocycles. The zero-order valence-electron chi connectivity index (χ0n) is 31.3. The molecule has 3 heterocycles. The Hall–Kier alpha value is -5.38. The predicted molar refractivity (Wildman–Crippen MR) is 202 cm³/mol. The summed E-state index contributed by atoms with van der Waals surface area (Å²) in [4.78, 5) is 30.0. The van der Waals surface area contributed by atoms with Crippen molar-refractivity contribution in [2.75, 3.05) is 31.0 Å². The van der Waals surface area contributed by atoms with Crippen LogP contribution < -0.4 is 14.2 Å². The lowest BCUT2D eigenvalue weighted by Gasteiger charge is -2.32. The number of nitrogens with one attached hydrogen (secondary N) is 1. The molecule has 4 aromatic rings. The van der Waals surface area contributed by atoms with Crippen LogP contribution >= 0.6 is 0 Å². The number of carbonyl (C=O) groups excluding carboxylic acids is 2. The molecule has 298 valence electrons. The summed E-state index contributed by atoms with van der Waals surface area (Å²) < 4.78 is 85.1. The number of carbonyl (C=O) groups is 2. The van der Waals surface area contributed by atoms with Crippen LogP contribution in [0.25, 0.3) is 0 Å². The minimum absolute atomic E-state index is 0.0667. The molecule has 2 saturated heterocycles. The zero-order valence-corrected chi connectivity index (χ0v) is 32.1. The van der Waals surface area contributed by atoms with Crippen molar-refractivity contribution in [1.82, 2.24) is 20.0 Å². The molecule has 0 saturated carbocycles. The van der Waals surface area contributed by atoms with Crippen molar-refractivity contribution in [2.24, 2.45) is 0 Å². The van der Waals surface area contributed by atoms with Crippen LogP contribution in [0, 0.1) is 0 Å². The molecule has 1 aromatic heterocycles.